The SMILES string of the molecule is CSc1ccc(Cl)c(C(=O)NC(C)(C)CCl)c1. The van der Waals surface area contributed by atoms with Crippen molar-refractivity contribution in [2.45, 2.75) is 24.3 Å². The van der Waals surface area contributed by atoms with Crippen LogP contribution in [0.2, 0.25) is 5.02 Å². The molecule has 0 aromatic heterocycles. The van der Waals surface area contributed by atoms with E-state index < -0.39 is 5.54 Å². The summed E-state index contributed by atoms with van der Waals surface area (Å²) < 4.78 is 0. The zero-order valence-corrected chi connectivity index (χ0v) is 12.3. The molecule has 0 unspecified atom stereocenters. The number of thioether (sulfide) groups is 1. The molecular weight excluding hydrogens is 277 g/mol. The highest BCUT2D eigenvalue weighted by atomic mass is 35.5. The fourth-order valence-electron chi connectivity index (χ4n) is 1.21. The van der Waals surface area contributed by atoms with Gasteiger partial charge in [-0.05, 0) is 38.3 Å². The van der Waals surface area contributed by atoms with E-state index in [0.29, 0.717) is 16.5 Å². The van der Waals surface area contributed by atoms with Crippen molar-refractivity contribution in [1.82, 2.24) is 5.32 Å². The number of hydrogen-bond donors (Lipinski definition) is 1. The molecule has 0 fully saturated rings. The number of rotatable bonds is 4. The van der Waals surface area contributed by atoms with E-state index in [4.69, 9.17) is 23.2 Å². The van der Waals surface area contributed by atoms with Crippen molar-refractivity contribution in [3.8, 4) is 0 Å². The molecule has 94 valence electrons. The molecule has 0 saturated heterocycles. The summed E-state index contributed by atoms with van der Waals surface area (Å²) >= 11 is 13.4. The molecule has 0 aliphatic heterocycles. The molecule has 0 heterocycles. The summed E-state index contributed by atoms with van der Waals surface area (Å²) in [6.07, 6.45) is 1.95. The molecule has 0 saturated carbocycles. The highest BCUT2D eigenvalue weighted by Crippen LogP contribution is 2.23. The lowest BCUT2D eigenvalue weighted by Gasteiger charge is -2.23. The van der Waals surface area contributed by atoms with Crippen LogP contribution in [0.4, 0.5) is 0 Å². The predicted molar refractivity (Wildman–Crippen MR) is 75.5 cm³/mol. The number of alkyl halides is 1. The van der Waals surface area contributed by atoms with Crippen LogP contribution in [0.3, 0.4) is 0 Å². The first kappa shape index (κ1) is 14.7. The van der Waals surface area contributed by atoms with Gasteiger partial charge in [-0.25, -0.2) is 0 Å². The zero-order valence-electron chi connectivity index (χ0n) is 10.0. The van der Waals surface area contributed by atoms with Crippen LogP contribution in [0, 0.1) is 0 Å². The van der Waals surface area contributed by atoms with Crippen molar-refractivity contribution in [3.05, 3.63) is 28.8 Å². The second-order valence-electron chi connectivity index (χ2n) is 4.32. The minimum Gasteiger partial charge on any atom is -0.346 e. The maximum atomic E-state index is 12.0. The summed E-state index contributed by atoms with van der Waals surface area (Å²) in [6.45, 7) is 3.73. The molecule has 0 bridgehead atoms. The Morgan fingerprint density at radius 2 is 2.12 bits per heavy atom. The minimum atomic E-state index is -0.447. The van der Waals surface area contributed by atoms with E-state index in [1.54, 1.807) is 23.9 Å². The second kappa shape index (κ2) is 5.98. The first-order valence-electron chi connectivity index (χ1n) is 5.11. The highest BCUT2D eigenvalue weighted by molar-refractivity contribution is 7.98. The van der Waals surface area contributed by atoms with E-state index >= 15 is 0 Å². The van der Waals surface area contributed by atoms with E-state index in [-0.39, 0.29) is 5.91 Å². The molecule has 1 N–H and O–H groups in total. The van der Waals surface area contributed by atoms with Crippen molar-refractivity contribution >= 4 is 40.9 Å². The van der Waals surface area contributed by atoms with E-state index in [2.05, 4.69) is 5.32 Å². The molecule has 0 aliphatic carbocycles. The molecule has 0 radical (unpaired) electrons. The van der Waals surface area contributed by atoms with Crippen LogP contribution in [-0.4, -0.2) is 23.6 Å². The van der Waals surface area contributed by atoms with Crippen LogP contribution in [0.5, 0.6) is 0 Å². The van der Waals surface area contributed by atoms with Gasteiger partial charge in [0.05, 0.1) is 10.6 Å². The predicted octanol–water partition coefficient (Wildman–Crippen LogP) is 3.81. The van der Waals surface area contributed by atoms with Gasteiger partial charge in [0.25, 0.3) is 5.91 Å². The number of carbonyl (C=O) groups excluding carboxylic acids is 1. The lowest BCUT2D eigenvalue weighted by atomic mass is 10.1. The first-order valence-corrected chi connectivity index (χ1v) is 7.25. The van der Waals surface area contributed by atoms with Gasteiger partial charge in [-0.3, -0.25) is 4.79 Å². The van der Waals surface area contributed by atoms with Gasteiger partial charge in [0.15, 0.2) is 0 Å². The van der Waals surface area contributed by atoms with Crippen LogP contribution in [0.1, 0.15) is 24.2 Å². The Hall–Kier alpha value is -0.380. The van der Waals surface area contributed by atoms with Crippen LogP contribution < -0.4 is 5.32 Å². The molecular formula is C12H15Cl2NOS. The Bertz CT molecular complexity index is 421. The summed E-state index contributed by atoms with van der Waals surface area (Å²) in [5.74, 6) is 0.148. The molecule has 17 heavy (non-hydrogen) atoms. The van der Waals surface area contributed by atoms with Crippen LogP contribution in [0.15, 0.2) is 23.1 Å². The van der Waals surface area contributed by atoms with Gasteiger partial charge in [-0.2, -0.15) is 0 Å². The van der Waals surface area contributed by atoms with Gasteiger partial charge in [-0.15, -0.1) is 23.4 Å². The molecule has 2 nitrogen and oxygen atoms in total. The second-order valence-corrected chi connectivity index (χ2v) is 5.87. The standard InChI is InChI=1S/C12H15Cl2NOS/c1-12(2,7-13)15-11(16)9-6-8(17-3)4-5-10(9)14/h4-6H,7H2,1-3H3,(H,15,16). The summed E-state index contributed by atoms with van der Waals surface area (Å²) in [5.41, 5.74) is 0.0360. The molecule has 1 amide bonds. The molecule has 1 aromatic carbocycles. The maximum absolute atomic E-state index is 12.0. The maximum Gasteiger partial charge on any atom is 0.253 e. The van der Waals surface area contributed by atoms with Crippen LogP contribution in [0.25, 0.3) is 0 Å². The van der Waals surface area contributed by atoms with E-state index in [0.717, 1.165) is 4.90 Å². The van der Waals surface area contributed by atoms with Crippen molar-refractivity contribution in [2.24, 2.45) is 0 Å². The number of nitrogens with one attached hydrogen (secondary N) is 1. The Labute approximate surface area is 116 Å². The van der Waals surface area contributed by atoms with Gasteiger partial charge >= 0.3 is 0 Å². The lowest BCUT2D eigenvalue weighted by molar-refractivity contribution is 0.0920. The van der Waals surface area contributed by atoms with E-state index in [9.17, 15) is 4.79 Å². The molecule has 0 atom stereocenters. The third-order valence-corrected chi connectivity index (χ3v) is 3.93. The fraction of sp³-hybridized carbons (Fsp3) is 0.417. The topological polar surface area (TPSA) is 29.1 Å². The van der Waals surface area contributed by atoms with Crippen molar-refractivity contribution in [3.63, 3.8) is 0 Å². The van der Waals surface area contributed by atoms with Crippen molar-refractivity contribution < 1.29 is 4.79 Å². The Balaban J connectivity index is 2.96. The van der Waals surface area contributed by atoms with Crippen molar-refractivity contribution in [1.29, 1.82) is 0 Å². The monoisotopic (exact) mass is 291 g/mol. The normalized spacial score (nSPS) is 11.4. The Kier molecular flexibility index (Phi) is 5.17. The van der Waals surface area contributed by atoms with Crippen LogP contribution in [-0.2, 0) is 0 Å². The lowest BCUT2D eigenvalue weighted by Crippen LogP contribution is -2.45. The third kappa shape index (κ3) is 4.09. The minimum absolute atomic E-state index is 0.198. The average Bonchev–Trinajstić information content (AvgIpc) is 2.29. The number of amides is 1. The molecule has 1 aromatic rings. The number of carbonyl (C=O) groups is 1. The smallest absolute Gasteiger partial charge is 0.253 e. The fourth-order valence-corrected chi connectivity index (χ4v) is 1.92. The van der Waals surface area contributed by atoms with Crippen LogP contribution >= 0.6 is 35.0 Å². The molecule has 1 rings (SSSR count). The molecule has 5 heteroatoms. The zero-order chi connectivity index (χ0) is 13.1. The van der Waals surface area contributed by atoms with Gasteiger partial charge < -0.3 is 5.32 Å². The molecule has 0 spiro atoms. The summed E-state index contributed by atoms with van der Waals surface area (Å²) in [4.78, 5) is 13.0. The summed E-state index contributed by atoms with van der Waals surface area (Å²) in [5, 5.41) is 3.30. The van der Waals surface area contributed by atoms with Crippen molar-refractivity contribution in [2.75, 3.05) is 12.1 Å². The Morgan fingerprint density at radius 3 is 2.65 bits per heavy atom. The van der Waals surface area contributed by atoms with Gasteiger partial charge in [0.2, 0.25) is 0 Å². The van der Waals surface area contributed by atoms with E-state index in [1.807, 2.05) is 26.2 Å². The van der Waals surface area contributed by atoms with Gasteiger partial charge in [0.1, 0.15) is 0 Å². The average molecular weight is 292 g/mol. The highest BCUT2D eigenvalue weighted by Gasteiger charge is 2.21. The number of halogens is 2. The number of benzene rings is 1. The van der Waals surface area contributed by atoms with E-state index in [1.165, 1.54) is 0 Å². The van der Waals surface area contributed by atoms with Gasteiger partial charge in [0, 0.05) is 16.3 Å². The van der Waals surface area contributed by atoms with Gasteiger partial charge in [-0.1, -0.05) is 11.6 Å². The summed E-state index contributed by atoms with van der Waals surface area (Å²) in [7, 11) is 0. The number of hydrogen-bond acceptors (Lipinski definition) is 2. The largest absolute Gasteiger partial charge is 0.346 e. The first-order chi connectivity index (χ1) is 7.89. The quantitative estimate of drug-likeness (QED) is 0.675. The molecule has 0 aliphatic rings. The Morgan fingerprint density at radius 1 is 1.47 bits per heavy atom. The summed E-state index contributed by atoms with van der Waals surface area (Å²) in [6, 6.07) is 5.40. The third-order valence-electron chi connectivity index (χ3n) is 2.20.